The first-order chi connectivity index (χ1) is 17.8. The molecule has 194 valence electrons. The molecule has 0 spiro atoms. The number of halogens is 1. The van der Waals surface area contributed by atoms with E-state index in [1.54, 1.807) is 4.90 Å². The largest absolute Gasteiger partial charge is 0.494 e. The second kappa shape index (κ2) is 12.0. The number of anilines is 1. The number of amidine groups is 1. The molecule has 2 aliphatic rings. The Balaban J connectivity index is 1.49. The highest BCUT2D eigenvalue weighted by molar-refractivity contribution is 8.15. The van der Waals surface area contributed by atoms with Gasteiger partial charge in [-0.25, -0.2) is 9.38 Å². The molecule has 9 nitrogen and oxygen atoms in total. The highest BCUT2D eigenvalue weighted by Gasteiger charge is 2.39. The van der Waals surface area contributed by atoms with Crippen LogP contribution in [-0.2, 0) is 9.59 Å². The minimum atomic E-state index is -0.691. The van der Waals surface area contributed by atoms with Crippen LogP contribution in [0.1, 0.15) is 38.5 Å². The number of ether oxygens (including phenoxy) is 1. The van der Waals surface area contributed by atoms with E-state index in [1.165, 1.54) is 73.3 Å². The molecule has 1 saturated heterocycles. The summed E-state index contributed by atoms with van der Waals surface area (Å²) in [5, 5.41) is 13.5. The fourth-order valence-electron chi connectivity index (χ4n) is 4.21. The van der Waals surface area contributed by atoms with Crippen LogP contribution in [0.5, 0.6) is 5.75 Å². The molecule has 2 amide bonds. The summed E-state index contributed by atoms with van der Waals surface area (Å²) in [7, 11) is 1.35. The lowest BCUT2D eigenvalue weighted by Crippen LogP contribution is -2.34. The van der Waals surface area contributed by atoms with E-state index in [0.717, 1.165) is 25.7 Å². The number of benzene rings is 2. The first kappa shape index (κ1) is 26.3. The van der Waals surface area contributed by atoms with Crippen LogP contribution in [0.25, 0.3) is 0 Å². The number of nitro benzene ring substituents is 1. The number of nitrogens with one attached hydrogen (secondary N) is 1. The van der Waals surface area contributed by atoms with Gasteiger partial charge < -0.3 is 10.1 Å². The van der Waals surface area contributed by atoms with Crippen LogP contribution in [0.2, 0.25) is 0 Å². The number of nitro groups is 1. The zero-order valence-corrected chi connectivity index (χ0v) is 21.1. The Bertz CT molecular complexity index is 1250. The van der Waals surface area contributed by atoms with E-state index in [0.29, 0.717) is 17.4 Å². The summed E-state index contributed by atoms with van der Waals surface area (Å²) in [6.45, 7) is 0.450. The zero-order chi connectivity index (χ0) is 26.4. The summed E-state index contributed by atoms with van der Waals surface area (Å²) in [5.74, 6) is -0.880. The monoisotopic (exact) mass is 526 g/mol. The number of carbonyl (C=O) groups excluding carboxylic acids is 2. The molecular weight excluding hydrogens is 499 g/mol. The topological polar surface area (TPSA) is 114 Å². The van der Waals surface area contributed by atoms with Crippen LogP contribution >= 0.6 is 11.8 Å². The van der Waals surface area contributed by atoms with Gasteiger partial charge in [-0.2, -0.15) is 0 Å². The first-order valence-corrected chi connectivity index (χ1v) is 12.8. The van der Waals surface area contributed by atoms with Gasteiger partial charge in [0.1, 0.15) is 16.8 Å². The Labute approximate surface area is 217 Å². The number of methoxy groups -OCH3 is 1. The highest BCUT2D eigenvalue weighted by Crippen LogP contribution is 2.34. The number of allylic oxidation sites excluding steroid dienone is 1. The molecule has 0 radical (unpaired) electrons. The number of hydrogen-bond acceptors (Lipinski definition) is 7. The fraction of sp³-hybridized carbons (Fsp3) is 0.346. The van der Waals surface area contributed by atoms with Crippen molar-refractivity contribution >= 4 is 45.8 Å². The normalized spacial score (nSPS) is 18.6. The van der Waals surface area contributed by atoms with E-state index in [1.807, 2.05) is 0 Å². The van der Waals surface area contributed by atoms with Gasteiger partial charge in [0, 0.05) is 19.0 Å². The summed E-state index contributed by atoms with van der Waals surface area (Å²) in [4.78, 5) is 42.8. The molecule has 1 aliphatic carbocycles. The number of amides is 2. The standard InChI is InChI=1S/C26H27FN4O5S/c1-36-22-15-20(31(34)35)11-12-21(22)29-24(32)16-23-25(33)30(14-13-17-5-3-2-4-6-17)26(37-23)28-19-9-7-18(27)8-10-19/h5,7-12,15,23H,2-4,6,13-14,16H2,1H3,(H,29,32)/t23-/m0/s1. The van der Waals surface area contributed by atoms with Gasteiger partial charge >= 0.3 is 0 Å². The predicted molar refractivity (Wildman–Crippen MR) is 141 cm³/mol. The second-order valence-corrected chi connectivity index (χ2v) is 9.89. The minimum absolute atomic E-state index is 0.120. The molecule has 1 heterocycles. The van der Waals surface area contributed by atoms with Crippen LogP contribution in [-0.4, -0.2) is 45.7 Å². The summed E-state index contributed by atoms with van der Waals surface area (Å²) in [6, 6.07) is 9.57. The second-order valence-electron chi connectivity index (χ2n) is 8.72. The lowest BCUT2D eigenvalue weighted by Gasteiger charge is -2.19. The Hall–Kier alpha value is -3.73. The predicted octanol–water partition coefficient (Wildman–Crippen LogP) is 5.59. The molecule has 2 aromatic rings. The molecule has 0 saturated carbocycles. The summed E-state index contributed by atoms with van der Waals surface area (Å²) in [5.41, 5.74) is 1.94. The Kier molecular flexibility index (Phi) is 8.54. The van der Waals surface area contributed by atoms with Crippen molar-refractivity contribution in [2.24, 2.45) is 4.99 Å². The lowest BCUT2D eigenvalue weighted by atomic mass is 9.97. The van der Waals surface area contributed by atoms with Crippen LogP contribution in [0.4, 0.5) is 21.5 Å². The van der Waals surface area contributed by atoms with Gasteiger partial charge in [0.2, 0.25) is 11.8 Å². The van der Waals surface area contributed by atoms with Crippen LogP contribution in [0, 0.1) is 15.9 Å². The van der Waals surface area contributed by atoms with E-state index in [2.05, 4.69) is 16.4 Å². The van der Waals surface area contributed by atoms with E-state index in [9.17, 15) is 24.1 Å². The number of rotatable bonds is 9. The molecule has 1 fully saturated rings. The van der Waals surface area contributed by atoms with Gasteiger partial charge in [-0.15, -0.1) is 0 Å². The van der Waals surface area contributed by atoms with Gasteiger partial charge in [-0.3, -0.25) is 24.6 Å². The van der Waals surface area contributed by atoms with Crippen molar-refractivity contribution < 1.29 is 23.6 Å². The third kappa shape index (κ3) is 6.73. The summed E-state index contributed by atoms with van der Waals surface area (Å²) < 4.78 is 18.5. The number of nitrogens with zero attached hydrogens (tertiary/aromatic N) is 3. The Morgan fingerprint density at radius 2 is 2.05 bits per heavy atom. The Morgan fingerprint density at radius 1 is 1.27 bits per heavy atom. The average Bonchev–Trinajstić information content (AvgIpc) is 3.18. The number of thioether (sulfide) groups is 1. The van der Waals surface area contributed by atoms with Gasteiger partial charge in [-0.05, 0) is 62.4 Å². The third-order valence-corrected chi connectivity index (χ3v) is 7.33. The van der Waals surface area contributed by atoms with Gasteiger partial charge in [-0.1, -0.05) is 23.4 Å². The molecule has 2 aromatic carbocycles. The fourth-order valence-corrected chi connectivity index (χ4v) is 5.39. The Morgan fingerprint density at radius 3 is 2.73 bits per heavy atom. The molecule has 0 unspecified atom stereocenters. The number of aliphatic imine (C=N–C) groups is 1. The van der Waals surface area contributed by atoms with Gasteiger partial charge in [0.05, 0.1) is 29.5 Å². The first-order valence-electron chi connectivity index (χ1n) is 12.0. The molecule has 1 N–H and O–H groups in total. The van der Waals surface area contributed by atoms with Crippen molar-refractivity contribution in [3.63, 3.8) is 0 Å². The molecule has 4 rings (SSSR count). The maximum Gasteiger partial charge on any atom is 0.273 e. The van der Waals surface area contributed by atoms with Gasteiger partial charge in [0.25, 0.3) is 5.69 Å². The maximum atomic E-state index is 13.4. The van der Waals surface area contributed by atoms with Crippen molar-refractivity contribution in [1.82, 2.24) is 4.90 Å². The smallest absolute Gasteiger partial charge is 0.273 e. The lowest BCUT2D eigenvalue weighted by molar-refractivity contribution is -0.384. The molecule has 1 aliphatic heterocycles. The summed E-state index contributed by atoms with van der Waals surface area (Å²) >= 11 is 1.20. The van der Waals surface area contributed by atoms with Crippen molar-refractivity contribution in [3.8, 4) is 5.75 Å². The zero-order valence-electron chi connectivity index (χ0n) is 20.3. The third-order valence-electron chi connectivity index (χ3n) is 6.15. The number of hydrogen-bond donors (Lipinski definition) is 1. The van der Waals surface area contributed by atoms with Gasteiger partial charge in [0.15, 0.2) is 5.17 Å². The number of non-ortho nitro benzene ring substituents is 1. The average molecular weight is 527 g/mol. The highest BCUT2D eigenvalue weighted by atomic mass is 32.2. The SMILES string of the molecule is COc1cc([N+](=O)[O-])ccc1NC(=O)C[C@@H]1SC(=Nc2ccc(F)cc2)N(CCC2=CCCCC2)C1=O. The molecular formula is C26H27FN4O5S. The molecule has 0 aromatic heterocycles. The van der Waals surface area contributed by atoms with Crippen molar-refractivity contribution in [1.29, 1.82) is 0 Å². The molecule has 1 atom stereocenters. The molecule has 0 bridgehead atoms. The van der Waals surface area contributed by atoms with E-state index in [-0.39, 0.29) is 35.3 Å². The maximum absolute atomic E-state index is 13.4. The van der Waals surface area contributed by atoms with Crippen LogP contribution in [0.15, 0.2) is 59.1 Å². The molecule has 37 heavy (non-hydrogen) atoms. The summed E-state index contributed by atoms with van der Waals surface area (Å²) in [6.07, 6.45) is 7.22. The van der Waals surface area contributed by atoms with E-state index < -0.39 is 16.1 Å². The van der Waals surface area contributed by atoms with Crippen molar-refractivity contribution in [2.75, 3.05) is 19.0 Å². The minimum Gasteiger partial charge on any atom is -0.494 e. The van der Waals surface area contributed by atoms with Crippen LogP contribution < -0.4 is 10.1 Å². The van der Waals surface area contributed by atoms with Crippen molar-refractivity contribution in [2.45, 2.75) is 43.8 Å². The van der Waals surface area contributed by atoms with Crippen molar-refractivity contribution in [3.05, 3.63) is 70.0 Å². The van der Waals surface area contributed by atoms with Crippen LogP contribution in [0.3, 0.4) is 0 Å². The molecule has 11 heteroatoms. The van der Waals surface area contributed by atoms with E-state index >= 15 is 0 Å². The quantitative estimate of drug-likeness (QED) is 0.259. The van der Waals surface area contributed by atoms with E-state index in [4.69, 9.17) is 4.74 Å². The number of carbonyl (C=O) groups is 2.